The van der Waals surface area contributed by atoms with Gasteiger partial charge in [-0.3, -0.25) is 0 Å². The molecule has 0 unspecified atom stereocenters. The van der Waals surface area contributed by atoms with Gasteiger partial charge in [0, 0.05) is 0 Å². The van der Waals surface area contributed by atoms with E-state index in [4.69, 9.17) is 10.00 Å². The van der Waals surface area contributed by atoms with Crippen LogP contribution in [-0.2, 0) is 4.74 Å². The Kier molecular flexibility index (Phi) is 3.56. The molecule has 0 aromatic heterocycles. The Balaban J connectivity index is 4.09. The standard InChI is InChI=1S/C8H13NO/c1-6(2)10-8(4)7(3)5-9/h6H,1-4H3/b8-7-. The van der Waals surface area contributed by atoms with Gasteiger partial charge in [0.15, 0.2) is 0 Å². The Hall–Kier alpha value is -0.970. The number of nitriles is 1. The zero-order valence-corrected chi connectivity index (χ0v) is 6.93. The van der Waals surface area contributed by atoms with Crippen molar-refractivity contribution in [2.45, 2.75) is 33.8 Å². The first-order chi connectivity index (χ1) is 4.57. The molecule has 0 rings (SSSR count). The zero-order valence-electron chi connectivity index (χ0n) is 6.93. The Bertz CT molecular complexity index is 174. The molecule has 0 aliphatic carbocycles. The summed E-state index contributed by atoms with van der Waals surface area (Å²) >= 11 is 0. The molecule has 0 aromatic rings. The van der Waals surface area contributed by atoms with Gasteiger partial charge in [0.25, 0.3) is 0 Å². The smallest absolute Gasteiger partial charge is 0.107 e. The fourth-order valence-electron chi connectivity index (χ4n) is 0.521. The van der Waals surface area contributed by atoms with Crippen LogP contribution in [0.5, 0.6) is 0 Å². The van der Waals surface area contributed by atoms with E-state index in [0.717, 1.165) is 5.76 Å². The zero-order chi connectivity index (χ0) is 8.15. The molecule has 0 fully saturated rings. The topological polar surface area (TPSA) is 33.0 Å². The predicted octanol–water partition coefficient (Wildman–Crippen LogP) is 2.23. The van der Waals surface area contributed by atoms with Crippen molar-refractivity contribution in [1.82, 2.24) is 0 Å². The van der Waals surface area contributed by atoms with Crippen LogP contribution in [0.15, 0.2) is 11.3 Å². The number of ether oxygens (including phenoxy) is 1. The molecule has 0 N–H and O–H groups in total. The lowest BCUT2D eigenvalue weighted by molar-refractivity contribution is 0.147. The number of hydrogen-bond acceptors (Lipinski definition) is 2. The minimum Gasteiger partial charge on any atom is -0.495 e. The van der Waals surface area contributed by atoms with Gasteiger partial charge in [0.1, 0.15) is 5.76 Å². The van der Waals surface area contributed by atoms with Gasteiger partial charge in [-0.1, -0.05) is 0 Å². The highest BCUT2D eigenvalue weighted by Gasteiger charge is 1.98. The first-order valence-electron chi connectivity index (χ1n) is 3.32. The quantitative estimate of drug-likeness (QED) is 0.434. The van der Waals surface area contributed by atoms with E-state index < -0.39 is 0 Å². The highest BCUT2D eigenvalue weighted by Crippen LogP contribution is 2.06. The molecule has 0 aliphatic heterocycles. The second kappa shape index (κ2) is 3.94. The summed E-state index contributed by atoms with van der Waals surface area (Å²) in [7, 11) is 0. The van der Waals surface area contributed by atoms with E-state index in [1.165, 1.54) is 0 Å². The van der Waals surface area contributed by atoms with Gasteiger partial charge in [0.05, 0.1) is 17.7 Å². The highest BCUT2D eigenvalue weighted by atomic mass is 16.5. The lowest BCUT2D eigenvalue weighted by atomic mass is 10.3. The molecule has 0 radical (unpaired) electrons. The van der Waals surface area contributed by atoms with Crippen LogP contribution in [0.25, 0.3) is 0 Å². The summed E-state index contributed by atoms with van der Waals surface area (Å²) in [6, 6.07) is 2.02. The van der Waals surface area contributed by atoms with Crippen molar-refractivity contribution >= 4 is 0 Å². The minimum atomic E-state index is 0.156. The van der Waals surface area contributed by atoms with Gasteiger partial charge < -0.3 is 4.74 Å². The van der Waals surface area contributed by atoms with Crippen molar-refractivity contribution in [2.24, 2.45) is 0 Å². The summed E-state index contributed by atoms with van der Waals surface area (Å²) < 4.78 is 5.26. The fraction of sp³-hybridized carbons (Fsp3) is 0.625. The van der Waals surface area contributed by atoms with Crippen LogP contribution >= 0.6 is 0 Å². The number of nitrogens with zero attached hydrogens (tertiary/aromatic N) is 1. The summed E-state index contributed by atoms with van der Waals surface area (Å²) in [5, 5.41) is 8.43. The minimum absolute atomic E-state index is 0.156. The Labute approximate surface area is 62.1 Å². The lowest BCUT2D eigenvalue weighted by Crippen LogP contribution is -2.01. The predicted molar refractivity (Wildman–Crippen MR) is 40.2 cm³/mol. The van der Waals surface area contributed by atoms with Gasteiger partial charge in [-0.15, -0.1) is 0 Å². The maximum Gasteiger partial charge on any atom is 0.107 e. The molecule has 0 bridgehead atoms. The second-order valence-electron chi connectivity index (χ2n) is 2.46. The largest absolute Gasteiger partial charge is 0.495 e. The van der Waals surface area contributed by atoms with Gasteiger partial charge in [-0.2, -0.15) is 5.26 Å². The van der Waals surface area contributed by atoms with Crippen molar-refractivity contribution < 1.29 is 4.74 Å². The molecule has 0 spiro atoms. The molecule has 0 saturated carbocycles. The van der Waals surface area contributed by atoms with Crippen LogP contribution in [0.1, 0.15) is 27.7 Å². The van der Waals surface area contributed by atoms with Crippen LogP contribution < -0.4 is 0 Å². The van der Waals surface area contributed by atoms with E-state index in [-0.39, 0.29) is 6.10 Å². The molecule has 10 heavy (non-hydrogen) atoms. The maximum absolute atomic E-state index is 8.43. The summed E-state index contributed by atoms with van der Waals surface area (Å²) in [5.74, 6) is 0.720. The first kappa shape index (κ1) is 9.03. The molecule has 0 aromatic carbocycles. The second-order valence-corrected chi connectivity index (χ2v) is 2.46. The van der Waals surface area contributed by atoms with Crippen molar-refractivity contribution in [3.8, 4) is 6.07 Å². The van der Waals surface area contributed by atoms with Crippen molar-refractivity contribution in [3.05, 3.63) is 11.3 Å². The summed E-state index contributed by atoms with van der Waals surface area (Å²) in [6.07, 6.45) is 0.156. The average Bonchev–Trinajstić information content (AvgIpc) is 1.85. The molecule has 0 aliphatic rings. The molecule has 0 saturated heterocycles. The van der Waals surface area contributed by atoms with E-state index in [0.29, 0.717) is 5.57 Å². The number of hydrogen-bond donors (Lipinski definition) is 0. The molecular formula is C8H13NO. The van der Waals surface area contributed by atoms with Gasteiger partial charge in [-0.25, -0.2) is 0 Å². The van der Waals surface area contributed by atoms with E-state index >= 15 is 0 Å². The molecule has 56 valence electrons. The summed E-state index contributed by atoms with van der Waals surface area (Å²) in [5.41, 5.74) is 0.647. The molecular weight excluding hydrogens is 126 g/mol. The van der Waals surface area contributed by atoms with Crippen molar-refractivity contribution in [3.63, 3.8) is 0 Å². The summed E-state index contributed by atoms with van der Waals surface area (Å²) in [4.78, 5) is 0. The summed E-state index contributed by atoms with van der Waals surface area (Å²) in [6.45, 7) is 7.43. The van der Waals surface area contributed by atoms with Gasteiger partial charge in [-0.05, 0) is 27.7 Å². The lowest BCUT2D eigenvalue weighted by Gasteiger charge is -2.09. The normalized spacial score (nSPS) is 12.4. The molecule has 2 heteroatoms. The van der Waals surface area contributed by atoms with Gasteiger partial charge in [0.2, 0.25) is 0 Å². The van der Waals surface area contributed by atoms with Crippen LogP contribution in [0.2, 0.25) is 0 Å². The Morgan fingerprint density at radius 2 is 1.90 bits per heavy atom. The highest BCUT2D eigenvalue weighted by molar-refractivity contribution is 5.20. The van der Waals surface area contributed by atoms with E-state index in [2.05, 4.69) is 0 Å². The van der Waals surface area contributed by atoms with Crippen LogP contribution in [0.3, 0.4) is 0 Å². The maximum atomic E-state index is 8.43. The third-order valence-electron chi connectivity index (χ3n) is 1.11. The van der Waals surface area contributed by atoms with E-state index in [1.807, 2.05) is 19.9 Å². The van der Waals surface area contributed by atoms with Gasteiger partial charge >= 0.3 is 0 Å². The Morgan fingerprint density at radius 1 is 1.40 bits per heavy atom. The van der Waals surface area contributed by atoms with Crippen molar-refractivity contribution in [1.29, 1.82) is 5.26 Å². The molecule has 0 amide bonds. The molecule has 2 nitrogen and oxygen atoms in total. The van der Waals surface area contributed by atoms with Crippen LogP contribution in [-0.4, -0.2) is 6.10 Å². The third kappa shape index (κ3) is 3.13. The third-order valence-corrected chi connectivity index (χ3v) is 1.11. The molecule has 0 heterocycles. The van der Waals surface area contributed by atoms with E-state index in [9.17, 15) is 0 Å². The number of allylic oxidation sites excluding steroid dienone is 2. The van der Waals surface area contributed by atoms with Crippen LogP contribution in [0.4, 0.5) is 0 Å². The number of rotatable bonds is 2. The van der Waals surface area contributed by atoms with E-state index in [1.54, 1.807) is 13.8 Å². The monoisotopic (exact) mass is 139 g/mol. The SMILES string of the molecule is C/C(C#N)=C(\C)OC(C)C. The average molecular weight is 139 g/mol. The first-order valence-corrected chi connectivity index (χ1v) is 3.32. The Morgan fingerprint density at radius 3 is 2.20 bits per heavy atom. The van der Waals surface area contributed by atoms with Crippen LogP contribution in [0, 0.1) is 11.3 Å². The van der Waals surface area contributed by atoms with Crippen molar-refractivity contribution in [2.75, 3.05) is 0 Å². The fourth-order valence-corrected chi connectivity index (χ4v) is 0.521. The molecule has 0 atom stereocenters.